The van der Waals surface area contributed by atoms with Crippen LogP contribution < -0.4 is 5.73 Å². The predicted octanol–water partition coefficient (Wildman–Crippen LogP) is 3.28. The molecule has 0 rings (SSSR count). The molecule has 2 N–H and O–H groups in total. The molecule has 0 bridgehead atoms. The van der Waals surface area contributed by atoms with Crippen molar-refractivity contribution < 1.29 is 0 Å². The molecular formula is C11H25NS. The second-order valence-corrected chi connectivity index (χ2v) is 6.59. The zero-order valence-corrected chi connectivity index (χ0v) is 10.7. The molecule has 0 radical (unpaired) electrons. The molecular weight excluding hydrogens is 178 g/mol. The van der Waals surface area contributed by atoms with E-state index < -0.39 is 0 Å². The lowest BCUT2D eigenvalue weighted by molar-refractivity contribution is 0.363. The van der Waals surface area contributed by atoms with Crippen LogP contribution in [0.25, 0.3) is 0 Å². The van der Waals surface area contributed by atoms with E-state index in [1.54, 1.807) is 0 Å². The molecule has 0 fully saturated rings. The van der Waals surface area contributed by atoms with Gasteiger partial charge in [0, 0.05) is 16.5 Å². The minimum Gasteiger partial charge on any atom is -0.327 e. The van der Waals surface area contributed by atoms with Gasteiger partial charge in [-0.05, 0) is 18.8 Å². The van der Waals surface area contributed by atoms with Gasteiger partial charge in [-0.25, -0.2) is 0 Å². The highest BCUT2D eigenvalue weighted by Gasteiger charge is 2.29. The molecule has 0 saturated carbocycles. The minimum absolute atomic E-state index is 0.277. The number of rotatable bonds is 4. The molecule has 0 aliphatic carbocycles. The van der Waals surface area contributed by atoms with E-state index in [9.17, 15) is 0 Å². The molecule has 0 aromatic heterocycles. The first-order valence-corrected chi connectivity index (χ1v) is 6.14. The standard InChI is InChI=1S/C11H25NS/c1-7-8(2)13-10(9(3)12)11(4,5)6/h8-10H,7,12H2,1-6H3. The van der Waals surface area contributed by atoms with Crippen LogP contribution in [0.2, 0.25) is 0 Å². The van der Waals surface area contributed by atoms with E-state index in [4.69, 9.17) is 5.73 Å². The zero-order chi connectivity index (χ0) is 10.6. The second-order valence-electron chi connectivity index (χ2n) is 5.00. The number of thioether (sulfide) groups is 1. The van der Waals surface area contributed by atoms with Crippen LogP contribution in [0.15, 0.2) is 0 Å². The Balaban J connectivity index is 4.28. The van der Waals surface area contributed by atoms with E-state index in [-0.39, 0.29) is 6.04 Å². The van der Waals surface area contributed by atoms with Crippen LogP contribution in [-0.2, 0) is 0 Å². The van der Waals surface area contributed by atoms with Crippen LogP contribution in [0.5, 0.6) is 0 Å². The van der Waals surface area contributed by atoms with E-state index in [1.165, 1.54) is 6.42 Å². The summed E-state index contributed by atoms with van der Waals surface area (Å²) in [6.45, 7) is 13.5. The third kappa shape index (κ3) is 4.92. The summed E-state index contributed by atoms with van der Waals surface area (Å²) in [5.74, 6) is 0. The SMILES string of the molecule is CCC(C)SC(C(C)N)C(C)(C)C. The van der Waals surface area contributed by atoms with Crippen LogP contribution in [0.4, 0.5) is 0 Å². The molecule has 0 aromatic rings. The molecule has 2 heteroatoms. The van der Waals surface area contributed by atoms with E-state index in [0.29, 0.717) is 10.7 Å². The maximum absolute atomic E-state index is 6.00. The van der Waals surface area contributed by atoms with Gasteiger partial charge >= 0.3 is 0 Å². The zero-order valence-electron chi connectivity index (χ0n) is 9.92. The van der Waals surface area contributed by atoms with E-state index >= 15 is 0 Å². The summed E-state index contributed by atoms with van der Waals surface area (Å²) in [6, 6.07) is 0.277. The third-order valence-electron chi connectivity index (χ3n) is 2.28. The summed E-state index contributed by atoms with van der Waals surface area (Å²) in [5.41, 5.74) is 6.31. The first-order chi connectivity index (χ1) is 5.79. The van der Waals surface area contributed by atoms with Crippen LogP contribution in [-0.4, -0.2) is 16.5 Å². The maximum Gasteiger partial charge on any atom is 0.0247 e. The van der Waals surface area contributed by atoms with Crippen LogP contribution in [0.1, 0.15) is 48.0 Å². The molecule has 3 unspecified atom stereocenters. The molecule has 1 nitrogen and oxygen atoms in total. The Bertz CT molecular complexity index is 138. The van der Waals surface area contributed by atoms with Gasteiger partial charge in [-0.15, -0.1) is 0 Å². The minimum atomic E-state index is 0.277. The van der Waals surface area contributed by atoms with Crippen LogP contribution >= 0.6 is 11.8 Å². The summed E-state index contributed by atoms with van der Waals surface area (Å²) < 4.78 is 0. The van der Waals surface area contributed by atoms with Gasteiger partial charge in [-0.3, -0.25) is 0 Å². The molecule has 0 saturated heterocycles. The molecule has 0 amide bonds. The summed E-state index contributed by atoms with van der Waals surface area (Å²) in [4.78, 5) is 0. The van der Waals surface area contributed by atoms with Crippen molar-refractivity contribution in [1.82, 2.24) is 0 Å². The lowest BCUT2D eigenvalue weighted by Gasteiger charge is -2.35. The Hall–Kier alpha value is 0.310. The van der Waals surface area contributed by atoms with Gasteiger partial charge < -0.3 is 5.73 Å². The maximum atomic E-state index is 6.00. The van der Waals surface area contributed by atoms with Crippen molar-refractivity contribution in [1.29, 1.82) is 0 Å². The highest BCUT2D eigenvalue weighted by Crippen LogP contribution is 2.35. The van der Waals surface area contributed by atoms with Crippen LogP contribution in [0, 0.1) is 5.41 Å². The van der Waals surface area contributed by atoms with Crippen molar-refractivity contribution in [3.8, 4) is 0 Å². The van der Waals surface area contributed by atoms with Crippen LogP contribution in [0.3, 0.4) is 0 Å². The topological polar surface area (TPSA) is 26.0 Å². The van der Waals surface area contributed by atoms with E-state index in [1.807, 2.05) is 11.8 Å². The highest BCUT2D eigenvalue weighted by atomic mass is 32.2. The van der Waals surface area contributed by atoms with Gasteiger partial charge in [0.05, 0.1) is 0 Å². The van der Waals surface area contributed by atoms with Crippen molar-refractivity contribution in [2.24, 2.45) is 11.1 Å². The van der Waals surface area contributed by atoms with Gasteiger partial charge in [0.2, 0.25) is 0 Å². The quantitative estimate of drug-likeness (QED) is 0.759. The summed E-state index contributed by atoms with van der Waals surface area (Å²) in [5, 5.41) is 1.28. The summed E-state index contributed by atoms with van der Waals surface area (Å²) >= 11 is 2.03. The summed E-state index contributed by atoms with van der Waals surface area (Å²) in [7, 11) is 0. The first-order valence-electron chi connectivity index (χ1n) is 5.20. The molecule has 80 valence electrons. The van der Waals surface area contributed by atoms with Gasteiger partial charge in [0.25, 0.3) is 0 Å². The summed E-state index contributed by atoms with van der Waals surface area (Å²) in [6.07, 6.45) is 1.23. The number of hydrogen-bond acceptors (Lipinski definition) is 2. The van der Waals surface area contributed by atoms with Crippen molar-refractivity contribution in [2.45, 2.75) is 64.5 Å². The number of hydrogen-bond donors (Lipinski definition) is 1. The molecule has 13 heavy (non-hydrogen) atoms. The molecule has 0 spiro atoms. The smallest absolute Gasteiger partial charge is 0.0247 e. The monoisotopic (exact) mass is 203 g/mol. The van der Waals surface area contributed by atoms with Crippen molar-refractivity contribution in [2.75, 3.05) is 0 Å². The Labute approximate surface area is 87.9 Å². The fraction of sp³-hybridized carbons (Fsp3) is 1.00. The Morgan fingerprint density at radius 2 is 1.69 bits per heavy atom. The van der Waals surface area contributed by atoms with Gasteiger partial charge in [0.1, 0.15) is 0 Å². The van der Waals surface area contributed by atoms with E-state index in [2.05, 4.69) is 41.5 Å². The predicted molar refractivity (Wildman–Crippen MR) is 64.2 cm³/mol. The fourth-order valence-electron chi connectivity index (χ4n) is 1.46. The first kappa shape index (κ1) is 13.3. The lowest BCUT2D eigenvalue weighted by Crippen LogP contribution is -2.40. The Morgan fingerprint density at radius 1 is 1.23 bits per heavy atom. The average Bonchev–Trinajstić information content (AvgIpc) is 1.96. The molecule has 3 atom stereocenters. The van der Waals surface area contributed by atoms with Crippen molar-refractivity contribution in [3.05, 3.63) is 0 Å². The normalized spacial score (nSPS) is 19.6. The Morgan fingerprint density at radius 3 is 1.92 bits per heavy atom. The fourth-order valence-corrected chi connectivity index (χ4v) is 2.81. The molecule has 0 heterocycles. The number of nitrogens with two attached hydrogens (primary N) is 1. The molecule has 0 aromatic carbocycles. The van der Waals surface area contributed by atoms with Gasteiger partial charge in [-0.2, -0.15) is 11.8 Å². The lowest BCUT2D eigenvalue weighted by atomic mass is 9.88. The van der Waals surface area contributed by atoms with Gasteiger partial charge in [-0.1, -0.05) is 34.6 Å². The third-order valence-corrected chi connectivity index (χ3v) is 4.51. The molecule has 0 aliphatic rings. The Kier molecular flexibility index (Phi) is 5.38. The van der Waals surface area contributed by atoms with Crippen molar-refractivity contribution >= 4 is 11.8 Å². The van der Waals surface area contributed by atoms with E-state index in [0.717, 1.165) is 5.25 Å². The largest absolute Gasteiger partial charge is 0.327 e. The van der Waals surface area contributed by atoms with Gasteiger partial charge in [0.15, 0.2) is 0 Å². The van der Waals surface area contributed by atoms with Crippen molar-refractivity contribution in [3.63, 3.8) is 0 Å². The average molecular weight is 203 g/mol. The second kappa shape index (κ2) is 5.26. The molecule has 0 aliphatic heterocycles. The highest BCUT2D eigenvalue weighted by molar-refractivity contribution is 8.00.